The van der Waals surface area contributed by atoms with Crippen LogP contribution in [0.15, 0.2) is 27.9 Å². The van der Waals surface area contributed by atoms with Gasteiger partial charge in [0.15, 0.2) is 0 Å². The number of nitrogens with zero attached hydrogens (tertiary/aromatic N) is 3. The quantitative estimate of drug-likeness (QED) is 0.604. The molecule has 1 aromatic carbocycles. The fourth-order valence-corrected chi connectivity index (χ4v) is 1.51. The Morgan fingerprint density at radius 2 is 2.19 bits per heavy atom. The molecule has 0 aliphatic heterocycles. The molecule has 1 heterocycles. The number of carbonyl (C=O) groups is 1. The van der Waals surface area contributed by atoms with Gasteiger partial charge >= 0.3 is 0 Å². The highest BCUT2D eigenvalue weighted by molar-refractivity contribution is 5.96. The van der Waals surface area contributed by atoms with Crippen molar-refractivity contribution in [2.75, 3.05) is 20.0 Å². The average Bonchev–Trinajstić information content (AvgIpc) is 2.93. The fraction of sp³-hybridized carbons (Fsp3) is 0.167. The SMILES string of the molecule is COc1ccc(OC)c(/C=N/NC(=O)c2nonc2N)c1. The van der Waals surface area contributed by atoms with E-state index in [1.54, 1.807) is 25.3 Å². The summed E-state index contributed by atoms with van der Waals surface area (Å²) in [7, 11) is 3.07. The molecule has 0 spiro atoms. The molecule has 0 saturated carbocycles. The van der Waals surface area contributed by atoms with Crippen molar-refractivity contribution in [1.29, 1.82) is 0 Å². The van der Waals surface area contributed by atoms with Gasteiger partial charge < -0.3 is 15.2 Å². The lowest BCUT2D eigenvalue weighted by molar-refractivity contribution is 0.0946. The third kappa shape index (κ3) is 3.26. The number of aromatic nitrogens is 2. The van der Waals surface area contributed by atoms with Crippen LogP contribution in [0.25, 0.3) is 0 Å². The molecule has 0 aliphatic carbocycles. The summed E-state index contributed by atoms with van der Waals surface area (Å²) in [5.74, 6) is 0.471. The second kappa shape index (κ2) is 6.37. The molecule has 2 rings (SSSR count). The summed E-state index contributed by atoms with van der Waals surface area (Å²) < 4.78 is 14.6. The molecule has 110 valence electrons. The highest BCUT2D eigenvalue weighted by atomic mass is 16.6. The zero-order valence-corrected chi connectivity index (χ0v) is 11.4. The summed E-state index contributed by atoms with van der Waals surface area (Å²) in [5, 5.41) is 10.5. The molecule has 0 radical (unpaired) electrons. The van der Waals surface area contributed by atoms with Crippen molar-refractivity contribution in [3.63, 3.8) is 0 Å². The van der Waals surface area contributed by atoms with Crippen molar-refractivity contribution in [1.82, 2.24) is 15.7 Å². The Morgan fingerprint density at radius 1 is 1.38 bits per heavy atom. The van der Waals surface area contributed by atoms with E-state index in [4.69, 9.17) is 15.2 Å². The molecular weight excluding hydrogens is 278 g/mol. The number of hydrogen-bond donors (Lipinski definition) is 2. The molecule has 3 N–H and O–H groups in total. The maximum Gasteiger partial charge on any atom is 0.297 e. The summed E-state index contributed by atoms with van der Waals surface area (Å²) in [5.41, 5.74) is 8.14. The molecule has 9 heteroatoms. The summed E-state index contributed by atoms with van der Waals surface area (Å²) in [4.78, 5) is 11.7. The summed E-state index contributed by atoms with van der Waals surface area (Å²) in [6, 6.07) is 5.18. The van der Waals surface area contributed by atoms with Crippen LogP contribution in [0.4, 0.5) is 5.82 Å². The van der Waals surface area contributed by atoms with Gasteiger partial charge in [0.2, 0.25) is 11.5 Å². The molecule has 0 aliphatic rings. The van der Waals surface area contributed by atoms with E-state index in [1.165, 1.54) is 13.3 Å². The minimum atomic E-state index is -0.633. The van der Waals surface area contributed by atoms with E-state index in [2.05, 4.69) is 25.5 Å². The average molecular weight is 291 g/mol. The van der Waals surface area contributed by atoms with Gasteiger partial charge in [0, 0.05) is 5.56 Å². The third-order valence-corrected chi connectivity index (χ3v) is 2.54. The van der Waals surface area contributed by atoms with Gasteiger partial charge in [0.05, 0.1) is 20.4 Å². The van der Waals surface area contributed by atoms with Gasteiger partial charge in [-0.25, -0.2) is 10.1 Å². The zero-order chi connectivity index (χ0) is 15.2. The van der Waals surface area contributed by atoms with Gasteiger partial charge in [-0.05, 0) is 28.5 Å². The summed E-state index contributed by atoms with van der Waals surface area (Å²) >= 11 is 0. The lowest BCUT2D eigenvalue weighted by atomic mass is 10.2. The summed E-state index contributed by atoms with van der Waals surface area (Å²) in [6.45, 7) is 0. The number of anilines is 1. The molecule has 0 bridgehead atoms. The number of nitrogen functional groups attached to an aromatic ring is 1. The highest BCUT2D eigenvalue weighted by Gasteiger charge is 2.14. The maximum atomic E-state index is 11.7. The molecule has 0 fully saturated rings. The maximum absolute atomic E-state index is 11.7. The van der Waals surface area contributed by atoms with Crippen LogP contribution in [-0.2, 0) is 0 Å². The second-order valence-electron chi connectivity index (χ2n) is 3.81. The zero-order valence-electron chi connectivity index (χ0n) is 11.4. The van der Waals surface area contributed by atoms with E-state index < -0.39 is 5.91 Å². The van der Waals surface area contributed by atoms with E-state index in [9.17, 15) is 4.79 Å². The van der Waals surface area contributed by atoms with Gasteiger partial charge in [0.25, 0.3) is 5.91 Å². The third-order valence-electron chi connectivity index (χ3n) is 2.54. The normalized spacial score (nSPS) is 10.6. The van der Waals surface area contributed by atoms with Crippen LogP contribution in [0.1, 0.15) is 16.1 Å². The number of amides is 1. The number of hydrogen-bond acceptors (Lipinski definition) is 8. The van der Waals surface area contributed by atoms with Gasteiger partial charge in [-0.15, -0.1) is 0 Å². The van der Waals surface area contributed by atoms with E-state index >= 15 is 0 Å². The second-order valence-corrected chi connectivity index (χ2v) is 3.81. The van der Waals surface area contributed by atoms with Gasteiger partial charge in [-0.3, -0.25) is 4.79 Å². The number of methoxy groups -OCH3 is 2. The first-order valence-corrected chi connectivity index (χ1v) is 5.79. The minimum Gasteiger partial charge on any atom is -0.497 e. The van der Waals surface area contributed by atoms with Crippen molar-refractivity contribution >= 4 is 17.9 Å². The number of nitrogens with two attached hydrogens (primary N) is 1. The van der Waals surface area contributed by atoms with E-state index in [0.29, 0.717) is 17.1 Å². The molecule has 1 amide bonds. The van der Waals surface area contributed by atoms with Crippen LogP contribution >= 0.6 is 0 Å². The van der Waals surface area contributed by atoms with Crippen LogP contribution in [0.3, 0.4) is 0 Å². The Balaban J connectivity index is 2.11. The van der Waals surface area contributed by atoms with Crippen LogP contribution in [-0.4, -0.2) is 36.7 Å². The Hall–Kier alpha value is -3.10. The van der Waals surface area contributed by atoms with Crippen LogP contribution in [0.5, 0.6) is 11.5 Å². The predicted molar refractivity (Wildman–Crippen MR) is 73.3 cm³/mol. The number of carbonyl (C=O) groups excluding carboxylic acids is 1. The standard InChI is InChI=1S/C12H13N5O4/c1-19-8-3-4-9(20-2)7(5-8)6-14-15-12(18)10-11(13)17-21-16-10/h3-6H,1-2H3,(H2,13,17)(H,15,18)/b14-6+. The first-order chi connectivity index (χ1) is 10.2. The van der Waals surface area contributed by atoms with Crippen molar-refractivity contribution in [3.05, 3.63) is 29.5 Å². The number of benzene rings is 1. The first-order valence-electron chi connectivity index (χ1n) is 5.79. The smallest absolute Gasteiger partial charge is 0.297 e. The number of hydrazone groups is 1. The van der Waals surface area contributed by atoms with Crippen molar-refractivity contribution in [3.8, 4) is 11.5 Å². The van der Waals surface area contributed by atoms with Crippen molar-refractivity contribution < 1.29 is 18.9 Å². The molecule has 21 heavy (non-hydrogen) atoms. The van der Waals surface area contributed by atoms with Crippen LogP contribution in [0.2, 0.25) is 0 Å². The predicted octanol–water partition coefficient (Wildman–Crippen LogP) is 0.433. The molecule has 0 saturated heterocycles. The Bertz CT molecular complexity index is 667. The number of nitrogens with one attached hydrogen (secondary N) is 1. The van der Waals surface area contributed by atoms with Crippen molar-refractivity contribution in [2.24, 2.45) is 5.10 Å². The van der Waals surface area contributed by atoms with Crippen LogP contribution in [0, 0.1) is 0 Å². The van der Waals surface area contributed by atoms with Gasteiger partial charge in [-0.2, -0.15) is 5.10 Å². The van der Waals surface area contributed by atoms with Gasteiger partial charge in [0.1, 0.15) is 11.5 Å². The molecular formula is C12H13N5O4. The number of ether oxygens (including phenoxy) is 2. The first kappa shape index (κ1) is 14.3. The van der Waals surface area contributed by atoms with Gasteiger partial charge in [-0.1, -0.05) is 0 Å². The lowest BCUT2D eigenvalue weighted by Gasteiger charge is -2.06. The molecule has 1 aromatic heterocycles. The molecule has 2 aromatic rings. The Labute approximate surface area is 119 Å². The summed E-state index contributed by atoms with van der Waals surface area (Å²) in [6.07, 6.45) is 1.41. The molecule has 9 nitrogen and oxygen atoms in total. The fourth-order valence-electron chi connectivity index (χ4n) is 1.51. The topological polar surface area (TPSA) is 125 Å². The molecule has 0 unspecified atom stereocenters. The highest BCUT2D eigenvalue weighted by Crippen LogP contribution is 2.22. The molecule has 0 atom stereocenters. The van der Waals surface area contributed by atoms with E-state index in [1.807, 2.05) is 0 Å². The number of rotatable bonds is 5. The van der Waals surface area contributed by atoms with Crippen LogP contribution < -0.4 is 20.6 Å². The Kier molecular flexibility index (Phi) is 4.34. The lowest BCUT2D eigenvalue weighted by Crippen LogP contribution is -2.19. The van der Waals surface area contributed by atoms with E-state index in [0.717, 1.165) is 0 Å². The van der Waals surface area contributed by atoms with Crippen molar-refractivity contribution in [2.45, 2.75) is 0 Å². The van der Waals surface area contributed by atoms with E-state index in [-0.39, 0.29) is 11.5 Å². The largest absolute Gasteiger partial charge is 0.497 e. The monoisotopic (exact) mass is 291 g/mol. The minimum absolute atomic E-state index is 0.110. The Morgan fingerprint density at radius 3 is 2.81 bits per heavy atom.